The molecule has 15 heavy (non-hydrogen) atoms. The van der Waals surface area contributed by atoms with E-state index in [1.54, 1.807) is 0 Å². The predicted molar refractivity (Wildman–Crippen MR) is 64.1 cm³/mol. The van der Waals surface area contributed by atoms with Crippen LogP contribution in [0.1, 0.15) is 16.4 Å². The summed E-state index contributed by atoms with van der Waals surface area (Å²) in [4.78, 5) is 6.61. The first-order valence-electron chi connectivity index (χ1n) is 4.75. The van der Waals surface area contributed by atoms with Crippen molar-refractivity contribution >= 4 is 27.0 Å². The molecule has 0 fully saturated rings. The van der Waals surface area contributed by atoms with E-state index in [0.717, 1.165) is 11.1 Å². The molecular weight excluding hydrogens is 256 g/mol. The third kappa shape index (κ3) is 2.06. The fourth-order valence-electron chi connectivity index (χ4n) is 1.51. The van der Waals surface area contributed by atoms with Gasteiger partial charge in [0.1, 0.15) is 5.52 Å². The molecule has 1 aromatic heterocycles. The summed E-state index contributed by atoms with van der Waals surface area (Å²) in [6.45, 7) is 1.86. The largest absolute Gasteiger partial charge is 0.441 e. The van der Waals surface area contributed by atoms with Crippen molar-refractivity contribution in [1.82, 2.24) is 9.88 Å². The van der Waals surface area contributed by atoms with Crippen molar-refractivity contribution in [2.24, 2.45) is 0 Å². The number of alkyl halides is 1. The zero-order chi connectivity index (χ0) is 11.0. The monoisotopic (exact) mass is 268 g/mol. The predicted octanol–water partition coefficient (Wildman–Crippen LogP) is 3.09. The molecule has 0 bridgehead atoms. The molecule has 0 aliphatic rings. The Morgan fingerprint density at radius 1 is 1.40 bits per heavy atom. The van der Waals surface area contributed by atoms with E-state index < -0.39 is 0 Å². The molecular formula is C11H13BrN2O. The van der Waals surface area contributed by atoms with Crippen LogP contribution in [-0.2, 0) is 0 Å². The Kier molecular flexibility index (Phi) is 2.80. The summed E-state index contributed by atoms with van der Waals surface area (Å²) in [6, 6.07) is 6.06. The Bertz CT molecular complexity index is 478. The molecule has 1 heterocycles. The van der Waals surface area contributed by atoms with Gasteiger partial charge in [-0.2, -0.15) is 0 Å². The van der Waals surface area contributed by atoms with Crippen LogP contribution >= 0.6 is 15.9 Å². The van der Waals surface area contributed by atoms with E-state index in [1.807, 2.05) is 39.2 Å². The Labute approximate surface area is 97.2 Å². The summed E-state index contributed by atoms with van der Waals surface area (Å²) in [7, 11) is 4.05. The van der Waals surface area contributed by atoms with Gasteiger partial charge < -0.3 is 4.42 Å². The topological polar surface area (TPSA) is 29.3 Å². The number of halogens is 1. The molecule has 0 saturated carbocycles. The van der Waals surface area contributed by atoms with Crippen molar-refractivity contribution in [3.05, 3.63) is 29.7 Å². The summed E-state index contributed by atoms with van der Waals surface area (Å²) in [5, 5.41) is 0. The van der Waals surface area contributed by atoms with Gasteiger partial charge in [0.2, 0.25) is 0 Å². The highest BCUT2D eigenvalue weighted by atomic mass is 79.9. The molecule has 2 rings (SSSR count). The van der Waals surface area contributed by atoms with Crippen LogP contribution in [0, 0.1) is 6.92 Å². The van der Waals surface area contributed by atoms with E-state index in [1.165, 1.54) is 5.56 Å². The normalized spacial score (nSPS) is 13.7. The molecule has 1 atom stereocenters. The third-order valence-corrected chi connectivity index (χ3v) is 3.59. The van der Waals surface area contributed by atoms with Crippen LogP contribution in [0.2, 0.25) is 0 Å². The molecule has 2 aromatic rings. The van der Waals surface area contributed by atoms with Crippen molar-refractivity contribution in [2.45, 2.75) is 11.9 Å². The van der Waals surface area contributed by atoms with Crippen molar-refractivity contribution in [1.29, 1.82) is 0 Å². The number of aryl methyl sites for hydroxylation is 1. The second-order valence-corrected chi connectivity index (χ2v) is 4.63. The molecule has 4 heteroatoms. The number of nitrogens with zero attached hydrogens (tertiary/aromatic N) is 2. The molecule has 0 aliphatic heterocycles. The van der Waals surface area contributed by atoms with E-state index in [2.05, 4.69) is 25.8 Å². The first kappa shape index (κ1) is 10.6. The number of aromatic nitrogens is 1. The minimum atomic E-state index is 0.207. The van der Waals surface area contributed by atoms with Crippen molar-refractivity contribution < 1.29 is 4.42 Å². The lowest BCUT2D eigenvalue weighted by atomic mass is 10.2. The number of hydrogen-bond acceptors (Lipinski definition) is 3. The summed E-state index contributed by atoms with van der Waals surface area (Å²) in [5.41, 5.74) is 2.94. The SMILES string of the molecule is Cc1nc2cc(C(Br)N(C)C)ccc2o1. The van der Waals surface area contributed by atoms with E-state index >= 15 is 0 Å². The number of rotatable bonds is 2. The standard InChI is InChI=1S/C11H13BrN2O/c1-7-13-9-6-8(11(12)14(2)3)4-5-10(9)15-7/h4-6,11H,1-3H3. The zero-order valence-corrected chi connectivity index (χ0v) is 10.6. The fourth-order valence-corrected chi connectivity index (χ4v) is 1.79. The molecule has 80 valence electrons. The van der Waals surface area contributed by atoms with Gasteiger partial charge >= 0.3 is 0 Å². The van der Waals surface area contributed by atoms with E-state index in [9.17, 15) is 0 Å². The molecule has 1 aromatic carbocycles. The lowest BCUT2D eigenvalue weighted by Crippen LogP contribution is -2.14. The van der Waals surface area contributed by atoms with E-state index in [-0.39, 0.29) is 4.95 Å². The molecule has 0 aliphatic carbocycles. The Balaban J connectivity index is 2.46. The van der Waals surface area contributed by atoms with Gasteiger partial charge in [-0.05, 0) is 31.8 Å². The Morgan fingerprint density at radius 3 is 2.80 bits per heavy atom. The maximum Gasteiger partial charge on any atom is 0.192 e. The minimum Gasteiger partial charge on any atom is -0.441 e. The third-order valence-electron chi connectivity index (χ3n) is 2.25. The first-order chi connectivity index (χ1) is 7.08. The average Bonchev–Trinajstić information content (AvgIpc) is 2.55. The van der Waals surface area contributed by atoms with Crippen LogP contribution in [0.4, 0.5) is 0 Å². The van der Waals surface area contributed by atoms with Gasteiger partial charge in [-0.3, -0.25) is 4.90 Å². The van der Waals surface area contributed by atoms with Crippen LogP contribution < -0.4 is 0 Å². The van der Waals surface area contributed by atoms with Gasteiger partial charge in [0.25, 0.3) is 0 Å². The highest BCUT2D eigenvalue weighted by molar-refractivity contribution is 9.09. The van der Waals surface area contributed by atoms with E-state index in [0.29, 0.717) is 5.89 Å². The Hall–Kier alpha value is -0.870. The zero-order valence-electron chi connectivity index (χ0n) is 8.99. The van der Waals surface area contributed by atoms with Crippen LogP contribution in [0.25, 0.3) is 11.1 Å². The summed E-state index contributed by atoms with van der Waals surface area (Å²) < 4.78 is 5.42. The highest BCUT2D eigenvalue weighted by Crippen LogP contribution is 2.27. The molecule has 0 N–H and O–H groups in total. The van der Waals surface area contributed by atoms with Gasteiger partial charge in [-0.1, -0.05) is 22.0 Å². The first-order valence-corrected chi connectivity index (χ1v) is 5.67. The van der Waals surface area contributed by atoms with Crippen molar-refractivity contribution in [3.63, 3.8) is 0 Å². The Morgan fingerprint density at radius 2 is 2.13 bits per heavy atom. The molecule has 1 unspecified atom stereocenters. The highest BCUT2D eigenvalue weighted by Gasteiger charge is 2.11. The smallest absolute Gasteiger partial charge is 0.192 e. The fraction of sp³-hybridized carbons (Fsp3) is 0.364. The van der Waals surface area contributed by atoms with Crippen LogP contribution in [0.3, 0.4) is 0 Å². The second kappa shape index (κ2) is 3.94. The van der Waals surface area contributed by atoms with Crippen LogP contribution in [0.5, 0.6) is 0 Å². The number of hydrogen-bond donors (Lipinski definition) is 0. The van der Waals surface area contributed by atoms with Gasteiger partial charge in [-0.15, -0.1) is 0 Å². The number of benzene rings is 1. The van der Waals surface area contributed by atoms with Crippen molar-refractivity contribution in [3.8, 4) is 0 Å². The average molecular weight is 269 g/mol. The summed E-state index contributed by atoms with van der Waals surface area (Å²) >= 11 is 3.61. The lowest BCUT2D eigenvalue weighted by molar-refractivity contribution is 0.398. The van der Waals surface area contributed by atoms with Crippen LogP contribution in [-0.4, -0.2) is 24.0 Å². The summed E-state index contributed by atoms with van der Waals surface area (Å²) in [6.07, 6.45) is 0. The minimum absolute atomic E-state index is 0.207. The molecule has 0 radical (unpaired) electrons. The van der Waals surface area contributed by atoms with Gasteiger partial charge in [0.05, 0.1) is 4.95 Å². The second-order valence-electron chi connectivity index (χ2n) is 3.76. The van der Waals surface area contributed by atoms with Gasteiger partial charge in [0.15, 0.2) is 11.5 Å². The maximum absolute atomic E-state index is 5.42. The lowest BCUT2D eigenvalue weighted by Gasteiger charge is -2.17. The van der Waals surface area contributed by atoms with Crippen molar-refractivity contribution in [2.75, 3.05) is 14.1 Å². The van der Waals surface area contributed by atoms with Gasteiger partial charge in [0, 0.05) is 6.92 Å². The molecule has 3 nitrogen and oxygen atoms in total. The summed E-state index contributed by atoms with van der Waals surface area (Å²) in [5.74, 6) is 0.707. The quantitative estimate of drug-likeness (QED) is 0.619. The number of oxazole rings is 1. The number of fused-ring (bicyclic) bond motifs is 1. The molecule has 0 amide bonds. The maximum atomic E-state index is 5.42. The van der Waals surface area contributed by atoms with E-state index in [4.69, 9.17) is 4.42 Å². The molecule has 0 saturated heterocycles. The van der Waals surface area contributed by atoms with Gasteiger partial charge in [-0.25, -0.2) is 4.98 Å². The van der Waals surface area contributed by atoms with Crippen LogP contribution in [0.15, 0.2) is 22.6 Å². The molecule has 0 spiro atoms.